The molecule has 2 rings (SSSR count). The molecular weight excluding hydrogens is 224 g/mol. The molecule has 0 aromatic carbocycles. The summed E-state index contributed by atoms with van der Waals surface area (Å²) in [5.74, 6) is 0.403. The molecular formula is C10H14N4OS. The molecule has 1 aromatic rings. The molecule has 0 radical (unpaired) electrons. The summed E-state index contributed by atoms with van der Waals surface area (Å²) >= 11 is 4.97. The molecule has 86 valence electrons. The van der Waals surface area contributed by atoms with Crippen LogP contribution in [0, 0.1) is 5.41 Å². The summed E-state index contributed by atoms with van der Waals surface area (Å²) in [4.78, 5) is 12.3. The lowest BCUT2D eigenvalue weighted by molar-refractivity contribution is -0.125. The van der Waals surface area contributed by atoms with E-state index in [1.807, 2.05) is 0 Å². The van der Waals surface area contributed by atoms with Crippen molar-refractivity contribution in [1.29, 1.82) is 0 Å². The molecule has 16 heavy (non-hydrogen) atoms. The summed E-state index contributed by atoms with van der Waals surface area (Å²) in [6.45, 7) is 0. The zero-order valence-electron chi connectivity index (χ0n) is 9.06. The maximum Gasteiger partial charge on any atom is 0.238 e. The smallest absolute Gasteiger partial charge is 0.238 e. The Morgan fingerprint density at radius 2 is 2.38 bits per heavy atom. The fourth-order valence-electron chi connectivity index (χ4n) is 1.83. The van der Waals surface area contributed by atoms with Gasteiger partial charge >= 0.3 is 0 Å². The highest BCUT2D eigenvalue weighted by Crippen LogP contribution is 2.42. The van der Waals surface area contributed by atoms with Gasteiger partial charge in [0.25, 0.3) is 0 Å². The number of amides is 1. The first-order valence-electron chi connectivity index (χ1n) is 5.16. The second-order valence-corrected chi connectivity index (χ2v) is 4.57. The van der Waals surface area contributed by atoms with Crippen LogP contribution in [0.3, 0.4) is 0 Å². The molecule has 1 saturated carbocycles. The van der Waals surface area contributed by atoms with Crippen LogP contribution in [-0.4, -0.2) is 20.7 Å². The number of rotatable bonds is 3. The molecule has 1 aliphatic carbocycles. The lowest BCUT2D eigenvalue weighted by atomic mass is 9.68. The summed E-state index contributed by atoms with van der Waals surface area (Å²) in [5, 5.41) is 6.83. The summed E-state index contributed by atoms with van der Waals surface area (Å²) < 4.78 is 1.63. The quantitative estimate of drug-likeness (QED) is 0.764. The normalized spacial score (nSPS) is 17.6. The van der Waals surface area contributed by atoms with Gasteiger partial charge in [-0.05, 0) is 12.8 Å². The number of aryl methyl sites for hydroxylation is 1. The average molecular weight is 238 g/mol. The second-order valence-electron chi connectivity index (χ2n) is 4.13. The van der Waals surface area contributed by atoms with Gasteiger partial charge in [-0.2, -0.15) is 5.10 Å². The van der Waals surface area contributed by atoms with Crippen molar-refractivity contribution in [3.05, 3.63) is 12.3 Å². The van der Waals surface area contributed by atoms with Crippen molar-refractivity contribution in [2.45, 2.75) is 19.3 Å². The maximum absolute atomic E-state index is 12.0. The molecule has 1 fully saturated rings. The maximum atomic E-state index is 12.0. The van der Waals surface area contributed by atoms with Crippen molar-refractivity contribution in [2.75, 3.05) is 5.32 Å². The Bertz CT molecular complexity index is 436. The van der Waals surface area contributed by atoms with Crippen molar-refractivity contribution in [1.82, 2.24) is 9.78 Å². The minimum Gasteiger partial charge on any atom is -0.392 e. The number of nitrogens with zero attached hydrogens (tertiary/aromatic N) is 2. The lowest BCUT2D eigenvalue weighted by Gasteiger charge is -2.38. The van der Waals surface area contributed by atoms with E-state index < -0.39 is 5.41 Å². The van der Waals surface area contributed by atoms with Gasteiger partial charge in [0.1, 0.15) is 0 Å². The largest absolute Gasteiger partial charge is 0.392 e. The summed E-state index contributed by atoms with van der Waals surface area (Å²) in [7, 11) is 1.79. The predicted molar refractivity (Wildman–Crippen MR) is 64.9 cm³/mol. The van der Waals surface area contributed by atoms with E-state index in [4.69, 9.17) is 18.0 Å². The molecule has 1 aliphatic rings. The average Bonchev–Trinajstić information content (AvgIpc) is 2.47. The Morgan fingerprint density at radius 1 is 1.69 bits per heavy atom. The molecule has 1 aromatic heterocycles. The Kier molecular flexibility index (Phi) is 2.67. The van der Waals surface area contributed by atoms with E-state index in [1.54, 1.807) is 24.0 Å². The molecule has 0 bridgehead atoms. The van der Waals surface area contributed by atoms with Crippen molar-refractivity contribution in [2.24, 2.45) is 18.2 Å². The molecule has 6 heteroatoms. The Labute approximate surface area is 99.0 Å². The van der Waals surface area contributed by atoms with Crippen LogP contribution in [0.1, 0.15) is 19.3 Å². The fourth-order valence-corrected chi connectivity index (χ4v) is 2.13. The van der Waals surface area contributed by atoms with Crippen molar-refractivity contribution in [3.8, 4) is 0 Å². The van der Waals surface area contributed by atoms with Crippen LogP contribution in [0.2, 0.25) is 0 Å². The minimum absolute atomic E-state index is 0.134. The van der Waals surface area contributed by atoms with Crippen LogP contribution >= 0.6 is 12.2 Å². The molecule has 0 saturated heterocycles. The van der Waals surface area contributed by atoms with Gasteiger partial charge in [-0.25, -0.2) is 0 Å². The third-order valence-corrected chi connectivity index (χ3v) is 3.46. The van der Waals surface area contributed by atoms with Gasteiger partial charge in [-0.1, -0.05) is 18.6 Å². The number of hydrogen-bond acceptors (Lipinski definition) is 3. The second kappa shape index (κ2) is 3.86. The van der Waals surface area contributed by atoms with Gasteiger partial charge in [0, 0.05) is 19.3 Å². The number of carbonyl (C=O) groups excluding carboxylic acids is 1. The van der Waals surface area contributed by atoms with Gasteiger partial charge in [0.15, 0.2) is 5.82 Å². The van der Waals surface area contributed by atoms with Gasteiger partial charge in [-0.3, -0.25) is 9.48 Å². The minimum atomic E-state index is -0.646. The van der Waals surface area contributed by atoms with Crippen LogP contribution in [0.5, 0.6) is 0 Å². The van der Waals surface area contributed by atoms with Crippen molar-refractivity contribution in [3.63, 3.8) is 0 Å². The number of hydrogen-bond donors (Lipinski definition) is 2. The molecule has 0 unspecified atom stereocenters. The first kappa shape index (κ1) is 11.1. The van der Waals surface area contributed by atoms with E-state index in [-0.39, 0.29) is 10.9 Å². The molecule has 3 N–H and O–H groups in total. The highest BCUT2D eigenvalue weighted by atomic mass is 32.1. The highest BCUT2D eigenvalue weighted by Gasteiger charge is 2.47. The number of nitrogens with one attached hydrogen (secondary N) is 1. The van der Waals surface area contributed by atoms with Gasteiger partial charge < -0.3 is 11.1 Å². The Hall–Kier alpha value is -1.43. The van der Waals surface area contributed by atoms with Crippen LogP contribution in [0.15, 0.2) is 12.3 Å². The SMILES string of the molecule is Cn1ccc(NC(=O)C2(C(N)=S)CCC2)n1. The highest BCUT2D eigenvalue weighted by molar-refractivity contribution is 7.80. The Morgan fingerprint density at radius 3 is 2.75 bits per heavy atom. The number of anilines is 1. The Balaban J connectivity index is 2.10. The van der Waals surface area contributed by atoms with Crippen molar-refractivity contribution < 1.29 is 4.79 Å². The first-order chi connectivity index (χ1) is 7.54. The van der Waals surface area contributed by atoms with E-state index in [1.165, 1.54) is 0 Å². The monoisotopic (exact) mass is 238 g/mol. The van der Waals surface area contributed by atoms with Gasteiger partial charge in [0.05, 0.1) is 10.4 Å². The molecule has 0 atom stereocenters. The summed E-state index contributed by atoms with van der Waals surface area (Å²) in [6, 6.07) is 1.74. The van der Waals surface area contributed by atoms with E-state index in [9.17, 15) is 4.79 Å². The van der Waals surface area contributed by atoms with E-state index in [0.717, 1.165) is 19.3 Å². The molecule has 5 nitrogen and oxygen atoms in total. The van der Waals surface area contributed by atoms with E-state index in [2.05, 4.69) is 10.4 Å². The number of nitrogens with two attached hydrogens (primary N) is 1. The van der Waals surface area contributed by atoms with Crippen LogP contribution < -0.4 is 11.1 Å². The standard InChI is InChI=1S/C10H14N4OS/c1-14-6-3-7(13-14)12-9(15)10(8(11)16)4-2-5-10/h3,6H,2,4-5H2,1H3,(H2,11,16)(H,12,13,15). The van der Waals surface area contributed by atoms with E-state index in [0.29, 0.717) is 5.82 Å². The fraction of sp³-hybridized carbons (Fsp3) is 0.500. The lowest BCUT2D eigenvalue weighted by Crippen LogP contribution is -2.50. The van der Waals surface area contributed by atoms with Crippen LogP contribution in [0.25, 0.3) is 0 Å². The third-order valence-electron chi connectivity index (χ3n) is 3.07. The summed E-state index contributed by atoms with van der Waals surface area (Å²) in [5.41, 5.74) is 4.99. The summed E-state index contributed by atoms with van der Waals surface area (Å²) in [6.07, 6.45) is 4.23. The van der Waals surface area contributed by atoms with E-state index >= 15 is 0 Å². The molecule has 1 heterocycles. The van der Waals surface area contributed by atoms with Gasteiger partial charge in [0.2, 0.25) is 5.91 Å². The zero-order chi connectivity index (χ0) is 11.8. The topological polar surface area (TPSA) is 72.9 Å². The van der Waals surface area contributed by atoms with Crippen LogP contribution in [-0.2, 0) is 11.8 Å². The number of aromatic nitrogens is 2. The molecule has 0 aliphatic heterocycles. The zero-order valence-corrected chi connectivity index (χ0v) is 9.88. The molecule has 0 spiro atoms. The first-order valence-corrected chi connectivity index (χ1v) is 5.56. The van der Waals surface area contributed by atoms with Gasteiger partial charge in [-0.15, -0.1) is 0 Å². The molecule has 1 amide bonds. The number of carbonyl (C=O) groups is 1. The third kappa shape index (κ3) is 1.69. The van der Waals surface area contributed by atoms with Crippen LogP contribution in [0.4, 0.5) is 5.82 Å². The number of thiocarbonyl (C=S) groups is 1. The predicted octanol–water partition coefficient (Wildman–Crippen LogP) is 0.815. The van der Waals surface area contributed by atoms with Crippen molar-refractivity contribution >= 4 is 28.9 Å².